The van der Waals surface area contributed by atoms with Crippen molar-refractivity contribution in [3.63, 3.8) is 0 Å². The van der Waals surface area contributed by atoms with E-state index in [9.17, 15) is 17.2 Å². The molecule has 2 N–H and O–H groups in total. The molecule has 0 aliphatic carbocycles. The summed E-state index contributed by atoms with van der Waals surface area (Å²) >= 11 is 0. The van der Waals surface area contributed by atoms with E-state index < -0.39 is 16.4 Å². The second kappa shape index (κ2) is 7.13. The maximum Gasteiger partial charge on any atom is 0.387 e. The summed E-state index contributed by atoms with van der Waals surface area (Å²) in [6, 6.07) is 13.6. The number of nitrogen functional groups attached to an aromatic ring is 1. The molecule has 4 rings (SSSR count). The average Bonchev–Trinajstić information content (AvgIpc) is 3.01. The van der Waals surface area contributed by atoms with E-state index in [1.165, 1.54) is 29.1 Å². The first-order chi connectivity index (χ1) is 13.9. The lowest BCUT2D eigenvalue weighted by Gasteiger charge is -2.09. The molecule has 0 radical (unpaired) electrons. The summed E-state index contributed by atoms with van der Waals surface area (Å²) in [4.78, 5) is 8.08. The second-order valence-electron chi connectivity index (χ2n) is 5.97. The fourth-order valence-electron chi connectivity index (χ4n) is 3.01. The van der Waals surface area contributed by atoms with Crippen LogP contribution in [0.25, 0.3) is 16.9 Å². The lowest BCUT2D eigenvalue weighted by atomic mass is 10.3. The van der Waals surface area contributed by atoms with Crippen molar-refractivity contribution < 1.29 is 21.9 Å². The lowest BCUT2D eigenvalue weighted by Crippen LogP contribution is -2.07. The summed E-state index contributed by atoms with van der Waals surface area (Å²) in [6.07, 6.45) is 2.81. The number of anilines is 1. The highest BCUT2D eigenvalue weighted by Gasteiger charge is 2.30. The number of aromatic nitrogens is 3. The first-order valence-electron chi connectivity index (χ1n) is 8.36. The monoisotopic (exact) mass is 416 g/mol. The summed E-state index contributed by atoms with van der Waals surface area (Å²) in [5, 5.41) is 0. The molecule has 2 aromatic heterocycles. The van der Waals surface area contributed by atoms with Gasteiger partial charge in [0.25, 0.3) is 0 Å². The van der Waals surface area contributed by atoms with Crippen LogP contribution in [0, 0.1) is 0 Å². The molecule has 0 aliphatic rings. The van der Waals surface area contributed by atoms with Gasteiger partial charge in [-0.2, -0.15) is 8.78 Å². The Morgan fingerprint density at radius 1 is 0.966 bits per heavy atom. The molecule has 29 heavy (non-hydrogen) atoms. The number of alkyl halides is 2. The van der Waals surface area contributed by atoms with Crippen LogP contribution in [0.15, 0.2) is 76.8 Å². The Balaban J connectivity index is 1.91. The van der Waals surface area contributed by atoms with E-state index in [4.69, 9.17) is 5.73 Å². The van der Waals surface area contributed by atoms with E-state index in [-0.39, 0.29) is 32.5 Å². The Morgan fingerprint density at radius 2 is 1.62 bits per heavy atom. The highest BCUT2D eigenvalue weighted by atomic mass is 32.2. The van der Waals surface area contributed by atoms with Crippen LogP contribution < -0.4 is 10.5 Å². The van der Waals surface area contributed by atoms with Gasteiger partial charge in [0, 0.05) is 18.1 Å². The second-order valence-corrected chi connectivity index (χ2v) is 7.85. The van der Waals surface area contributed by atoms with Crippen LogP contribution in [-0.4, -0.2) is 29.6 Å². The molecule has 148 valence electrons. The Hall–Kier alpha value is -3.53. The predicted octanol–water partition coefficient (Wildman–Crippen LogP) is 3.44. The summed E-state index contributed by atoms with van der Waals surface area (Å²) in [7, 11) is -4.12. The molecular formula is C19H14F2N4O3S. The number of halogens is 2. The van der Waals surface area contributed by atoms with Crippen LogP contribution in [0.5, 0.6) is 5.75 Å². The smallest absolute Gasteiger partial charge is 0.387 e. The fourth-order valence-corrected chi connectivity index (χ4v) is 4.51. The van der Waals surface area contributed by atoms with Crippen molar-refractivity contribution in [2.75, 3.05) is 5.73 Å². The molecule has 0 bridgehead atoms. The van der Waals surface area contributed by atoms with Gasteiger partial charge in [0.15, 0.2) is 5.65 Å². The van der Waals surface area contributed by atoms with E-state index in [0.29, 0.717) is 5.69 Å². The molecular weight excluding hydrogens is 402 g/mol. The van der Waals surface area contributed by atoms with Gasteiger partial charge in [-0.3, -0.25) is 4.57 Å². The molecule has 10 heteroatoms. The number of para-hydroxylation sites is 1. The van der Waals surface area contributed by atoms with Gasteiger partial charge < -0.3 is 10.5 Å². The molecule has 2 heterocycles. The molecule has 0 atom stereocenters. The number of nitrogens with two attached hydrogens (primary N) is 1. The number of fused-ring (bicyclic) bond motifs is 1. The largest absolute Gasteiger partial charge is 0.435 e. The molecule has 0 fully saturated rings. The molecule has 4 aromatic rings. The zero-order chi connectivity index (χ0) is 20.6. The number of benzene rings is 2. The van der Waals surface area contributed by atoms with Gasteiger partial charge in [-0.05, 0) is 36.4 Å². The highest BCUT2D eigenvalue weighted by molar-refractivity contribution is 7.92. The molecule has 7 nitrogen and oxygen atoms in total. The molecule has 2 aromatic carbocycles. The van der Waals surface area contributed by atoms with E-state index >= 15 is 0 Å². The van der Waals surface area contributed by atoms with Gasteiger partial charge in [-0.25, -0.2) is 18.4 Å². The minimum absolute atomic E-state index is 0.0506. The third-order valence-electron chi connectivity index (χ3n) is 4.22. The Morgan fingerprint density at radius 3 is 2.28 bits per heavy atom. The Bertz CT molecular complexity index is 1270. The van der Waals surface area contributed by atoms with Gasteiger partial charge in [0.2, 0.25) is 9.84 Å². The molecule has 0 unspecified atom stereocenters. The molecule has 0 saturated heterocycles. The SMILES string of the molecule is Nc1c(S(=O)(=O)c2ccc(OC(F)F)cc2)c2nccnc2n1-c1ccccc1. The van der Waals surface area contributed by atoms with Gasteiger partial charge in [0.05, 0.1) is 4.90 Å². The van der Waals surface area contributed by atoms with E-state index in [2.05, 4.69) is 14.7 Å². The number of ether oxygens (including phenoxy) is 1. The minimum atomic E-state index is -4.12. The van der Waals surface area contributed by atoms with Crippen molar-refractivity contribution in [3.8, 4) is 11.4 Å². The van der Waals surface area contributed by atoms with Crippen molar-refractivity contribution in [2.24, 2.45) is 0 Å². The predicted molar refractivity (Wildman–Crippen MR) is 102 cm³/mol. The van der Waals surface area contributed by atoms with Crippen molar-refractivity contribution in [1.29, 1.82) is 0 Å². The molecule has 0 aliphatic heterocycles. The summed E-state index contributed by atoms with van der Waals surface area (Å²) in [5.74, 6) is -0.205. The maximum atomic E-state index is 13.3. The van der Waals surface area contributed by atoms with Crippen molar-refractivity contribution in [2.45, 2.75) is 16.4 Å². The van der Waals surface area contributed by atoms with Gasteiger partial charge in [0.1, 0.15) is 22.0 Å². The summed E-state index contributed by atoms with van der Waals surface area (Å²) in [6.45, 7) is -3.01. The zero-order valence-corrected chi connectivity index (χ0v) is 15.6. The van der Waals surface area contributed by atoms with Gasteiger partial charge >= 0.3 is 6.61 Å². The van der Waals surface area contributed by atoms with Crippen molar-refractivity contribution >= 4 is 26.8 Å². The third kappa shape index (κ3) is 3.27. The molecule has 0 saturated carbocycles. The van der Waals surface area contributed by atoms with E-state index in [1.807, 2.05) is 6.07 Å². The van der Waals surface area contributed by atoms with Crippen LogP contribution in [0.3, 0.4) is 0 Å². The first-order valence-corrected chi connectivity index (χ1v) is 9.84. The first kappa shape index (κ1) is 18.8. The third-order valence-corrected chi connectivity index (χ3v) is 6.05. The van der Waals surface area contributed by atoms with Gasteiger partial charge in [-0.1, -0.05) is 18.2 Å². The van der Waals surface area contributed by atoms with Crippen LogP contribution in [0.2, 0.25) is 0 Å². The van der Waals surface area contributed by atoms with Crippen molar-refractivity contribution in [3.05, 3.63) is 67.0 Å². The van der Waals surface area contributed by atoms with Gasteiger partial charge in [-0.15, -0.1) is 0 Å². The number of hydrogen-bond acceptors (Lipinski definition) is 6. The van der Waals surface area contributed by atoms with E-state index in [0.717, 1.165) is 12.1 Å². The quantitative estimate of drug-likeness (QED) is 0.535. The van der Waals surface area contributed by atoms with Crippen LogP contribution in [0.4, 0.5) is 14.6 Å². The Kier molecular flexibility index (Phi) is 4.63. The maximum absolute atomic E-state index is 13.3. The number of rotatable bonds is 5. The highest BCUT2D eigenvalue weighted by Crippen LogP contribution is 2.36. The topological polar surface area (TPSA) is 100 Å². The van der Waals surface area contributed by atoms with Crippen LogP contribution in [0.1, 0.15) is 0 Å². The standard InChI is InChI=1S/C19H14F2N4O3S/c20-19(21)28-13-6-8-14(9-7-13)29(26,27)16-15-18(24-11-10-23-15)25(17(16)22)12-4-2-1-3-5-12/h1-11,19H,22H2. The van der Waals surface area contributed by atoms with E-state index in [1.54, 1.807) is 24.3 Å². The molecule has 0 amide bonds. The number of nitrogens with zero attached hydrogens (tertiary/aromatic N) is 3. The zero-order valence-electron chi connectivity index (χ0n) is 14.7. The van der Waals surface area contributed by atoms with Crippen LogP contribution in [-0.2, 0) is 9.84 Å². The summed E-state index contributed by atoms with van der Waals surface area (Å²) in [5.41, 5.74) is 7.27. The fraction of sp³-hybridized carbons (Fsp3) is 0.0526. The molecule has 0 spiro atoms. The lowest BCUT2D eigenvalue weighted by molar-refractivity contribution is -0.0498. The van der Waals surface area contributed by atoms with Crippen molar-refractivity contribution in [1.82, 2.24) is 14.5 Å². The average molecular weight is 416 g/mol. The van der Waals surface area contributed by atoms with Crippen LogP contribution >= 0.6 is 0 Å². The Labute approximate surface area is 164 Å². The number of sulfone groups is 1. The number of hydrogen-bond donors (Lipinski definition) is 1. The summed E-state index contributed by atoms with van der Waals surface area (Å²) < 4.78 is 57.0. The minimum Gasteiger partial charge on any atom is -0.435 e. The normalized spacial score (nSPS) is 11.8.